The highest BCUT2D eigenvalue weighted by molar-refractivity contribution is 5.71. The maximum Gasteiger partial charge on any atom is 0.308 e. The lowest BCUT2D eigenvalue weighted by Gasteiger charge is -2.18. The van der Waals surface area contributed by atoms with E-state index in [1.807, 2.05) is 0 Å². The molecule has 0 rings (SSSR count). The molecular weight excluding hydrogens is 368 g/mol. The quantitative estimate of drug-likeness (QED) is 0.120. The highest BCUT2D eigenvalue weighted by Gasteiger charge is 2.17. The summed E-state index contributed by atoms with van der Waals surface area (Å²) in [4.78, 5) is 12.4. The summed E-state index contributed by atoms with van der Waals surface area (Å²) in [6, 6.07) is 0. The zero-order valence-electron chi connectivity index (χ0n) is 21.3. The fourth-order valence-electron chi connectivity index (χ4n) is 4.24. The van der Waals surface area contributed by atoms with Crippen molar-refractivity contribution in [2.24, 2.45) is 11.8 Å². The van der Waals surface area contributed by atoms with E-state index in [0.29, 0.717) is 12.5 Å². The van der Waals surface area contributed by atoms with Crippen LogP contribution in [0.1, 0.15) is 156 Å². The van der Waals surface area contributed by atoms with Gasteiger partial charge in [0.1, 0.15) is 0 Å². The Morgan fingerprint density at radius 3 is 1.50 bits per heavy atom. The first-order chi connectivity index (χ1) is 14.7. The van der Waals surface area contributed by atoms with Crippen molar-refractivity contribution >= 4 is 5.97 Å². The molecule has 2 unspecified atom stereocenters. The molecule has 2 heteroatoms. The second-order valence-corrected chi connectivity index (χ2v) is 9.71. The van der Waals surface area contributed by atoms with E-state index >= 15 is 0 Å². The molecule has 0 amide bonds. The molecule has 30 heavy (non-hydrogen) atoms. The summed E-state index contributed by atoms with van der Waals surface area (Å²) in [5, 5.41) is 0. The van der Waals surface area contributed by atoms with Crippen LogP contribution in [0.3, 0.4) is 0 Å². The van der Waals surface area contributed by atoms with Gasteiger partial charge in [-0.15, -0.1) is 0 Å². The highest BCUT2D eigenvalue weighted by atomic mass is 16.5. The van der Waals surface area contributed by atoms with Crippen molar-refractivity contribution in [3.63, 3.8) is 0 Å². The molecule has 0 aliphatic heterocycles. The van der Waals surface area contributed by atoms with Gasteiger partial charge in [-0.2, -0.15) is 0 Å². The molecule has 0 aromatic carbocycles. The van der Waals surface area contributed by atoms with Gasteiger partial charge in [-0.05, 0) is 25.2 Å². The highest BCUT2D eigenvalue weighted by Crippen LogP contribution is 2.19. The zero-order valence-corrected chi connectivity index (χ0v) is 21.3. The molecule has 0 aliphatic rings. The van der Waals surface area contributed by atoms with Crippen LogP contribution >= 0.6 is 0 Å². The molecule has 0 aromatic heterocycles. The van der Waals surface area contributed by atoms with Crippen LogP contribution in [0, 0.1) is 11.8 Å². The minimum absolute atomic E-state index is 0.0371. The van der Waals surface area contributed by atoms with Crippen LogP contribution in [-0.2, 0) is 9.53 Å². The molecule has 0 fully saturated rings. The number of carbonyl (C=O) groups excluding carboxylic acids is 1. The van der Waals surface area contributed by atoms with Crippen LogP contribution in [0.4, 0.5) is 0 Å². The Kier molecular flexibility index (Phi) is 22.7. The number of hydrogen-bond donors (Lipinski definition) is 0. The van der Waals surface area contributed by atoms with Crippen molar-refractivity contribution < 1.29 is 9.53 Å². The van der Waals surface area contributed by atoms with Crippen molar-refractivity contribution in [2.45, 2.75) is 156 Å². The van der Waals surface area contributed by atoms with Gasteiger partial charge in [-0.25, -0.2) is 0 Å². The van der Waals surface area contributed by atoms with E-state index < -0.39 is 0 Å². The Morgan fingerprint density at radius 1 is 0.567 bits per heavy atom. The van der Waals surface area contributed by atoms with Gasteiger partial charge in [0.2, 0.25) is 0 Å². The largest absolute Gasteiger partial charge is 0.465 e. The molecule has 0 heterocycles. The Hall–Kier alpha value is -0.530. The minimum atomic E-state index is 0.0371. The maximum absolute atomic E-state index is 12.4. The fourth-order valence-corrected chi connectivity index (χ4v) is 4.24. The number of carbonyl (C=O) groups is 1. The molecule has 0 radical (unpaired) electrons. The predicted octanol–water partition coefficient (Wildman–Crippen LogP) is 9.64. The predicted molar refractivity (Wildman–Crippen MR) is 133 cm³/mol. The number of unbranched alkanes of at least 4 members (excludes halogenated alkanes) is 14. The SMILES string of the molecule is CCCCCCCCCCCCCCC(C)C(=O)OCC(CCCC)CCCCC. The number of hydrogen-bond acceptors (Lipinski definition) is 2. The van der Waals surface area contributed by atoms with Crippen LogP contribution in [-0.4, -0.2) is 12.6 Å². The average molecular weight is 425 g/mol. The molecule has 0 saturated carbocycles. The first-order valence-electron chi connectivity index (χ1n) is 13.8. The van der Waals surface area contributed by atoms with Gasteiger partial charge in [0.25, 0.3) is 0 Å². The first-order valence-corrected chi connectivity index (χ1v) is 13.8. The van der Waals surface area contributed by atoms with E-state index in [1.165, 1.54) is 122 Å². The molecule has 2 nitrogen and oxygen atoms in total. The first kappa shape index (κ1) is 29.5. The second kappa shape index (κ2) is 23.1. The lowest BCUT2D eigenvalue weighted by molar-refractivity contribution is -0.149. The summed E-state index contributed by atoms with van der Waals surface area (Å²) in [5.74, 6) is 0.671. The molecule has 0 saturated heterocycles. The van der Waals surface area contributed by atoms with Crippen LogP contribution < -0.4 is 0 Å². The van der Waals surface area contributed by atoms with Gasteiger partial charge in [-0.1, -0.05) is 137 Å². The summed E-state index contributed by atoms with van der Waals surface area (Å²) in [7, 11) is 0. The minimum Gasteiger partial charge on any atom is -0.465 e. The third-order valence-corrected chi connectivity index (χ3v) is 6.54. The van der Waals surface area contributed by atoms with E-state index in [2.05, 4.69) is 27.7 Å². The second-order valence-electron chi connectivity index (χ2n) is 9.71. The molecular formula is C28H56O2. The van der Waals surface area contributed by atoms with Crippen molar-refractivity contribution in [2.75, 3.05) is 6.61 Å². The third kappa shape index (κ3) is 19.4. The summed E-state index contributed by atoms with van der Waals surface area (Å²) in [6.45, 7) is 9.47. The van der Waals surface area contributed by atoms with Crippen molar-refractivity contribution in [1.82, 2.24) is 0 Å². The van der Waals surface area contributed by atoms with Gasteiger partial charge in [-0.3, -0.25) is 4.79 Å². The van der Waals surface area contributed by atoms with Crippen molar-refractivity contribution in [3.8, 4) is 0 Å². The molecule has 180 valence electrons. The number of ether oxygens (including phenoxy) is 1. The van der Waals surface area contributed by atoms with Gasteiger partial charge >= 0.3 is 5.97 Å². The third-order valence-electron chi connectivity index (χ3n) is 6.54. The Morgan fingerprint density at radius 2 is 0.967 bits per heavy atom. The van der Waals surface area contributed by atoms with Gasteiger partial charge in [0.15, 0.2) is 0 Å². The van der Waals surface area contributed by atoms with E-state index in [1.54, 1.807) is 0 Å². The van der Waals surface area contributed by atoms with E-state index in [9.17, 15) is 4.79 Å². The summed E-state index contributed by atoms with van der Waals surface area (Å²) >= 11 is 0. The topological polar surface area (TPSA) is 26.3 Å². The Bertz CT molecular complexity index is 353. The van der Waals surface area contributed by atoms with E-state index in [-0.39, 0.29) is 11.9 Å². The lowest BCUT2D eigenvalue weighted by atomic mass is 9.96. The molecule has 0 aromatic rings. The van der Waals surface area contributed by atoms with Gasteiger partial charge < -0.3 is 4.74 Å². The molecule has 2 atom stereocenters. The Labute approximate surface area is 190 Å². The van der Waals surface area contributed by atoms with Gasteiger partial charge in [0.05, 0.1) is 12.5 Å². The van der Waals surface area contributed by atoms with Crippen LogP contribution in [0.2, 0.25) is 0 Å². The van der Waals surface area contributed by atoms with Crippen molar-refractivity contribution in [1.29, 1.82) is 0 Å². The van der Waals surface area contributed by atoms with E-state index in [0.717, 1.165) is 6.42 Å². The monoisotopic (exact) mass is 424 g/mol. The van der Waals surface area contributed by atoms with Crippen molar-refractivity contribution in [3.05, 3.63) is 0 Å². The average Bonchev–Trinajstić information content (AvgIpc) is 2.75. The molecule has 0 N–H and O–H groups in total. The van der Waals surface area contributed by atoms with Crippen LogP contribution in [0.25, 0.3) is 0 Å². The summed E-state index contributed by atoms with van der Waals surface area (Å²) in [6.07, 6.45) is 26.1. The molecule has 0 bridgehead atoms. The lowest BCUT2D eigenvalue weighted by Crippen LogP contribution is -2.19. The zero-order chi connectivity index (χ0) is 22.3. The Balaban J connectivity index is 3.67. The fraction of sp³-hybridized carbons (Fsp3) is 0.964. The molecule has 0 spiro atoms. The van der Waals surface area contributed by atoms with Crippen LogP contribution in [0.5, 0.6) is 0 Å². The normalized spacial score (nSPS) is 13.3. The molecule has 0 aliphatic carbocycles. The summed E-state index contributed by atoms with van der Waals surface area (Å²) in [5.41, 5.74) is 0. The smallest absolute Gasteiger partial charge is 0.308 e. The standard InChI is InChI=1S/C28H56O2/c1-5-8-11-12-13-14-15-16-17-18-19-21-22-26(4)28(29)30-25-27(23-10-7-3)24-20-9-6-2/h26-27H,5-25H2,1-4H3. The van der Waals surface area contributed by atoms with Crippen LogP contribution in [0.15, 0.2) is 0 Å². The maximum atomic E-state index is 12.4. The number of rotatable bonds is 23. The number of esters is 1. The van der Waals surface area contributed by atoms with E-state index in [4.69, 9.17) is 4.74 Å². The summed E-state index contributed by atoms with van der Waals surface area (Å²) < 4.78 is 5.71. The van der Waals surface area contributed by atoms with Gasteiger partial charge in [0, 0.05) is 0 Å².